The van der Waals surface area contributed by atoms with Crippen LogP contribution in [0.5, 0.6) is 0 Å². The van der Waals surface area contributed by atoms with E-state index in [9.17, 15) is 9.18 Å². The van der Waals surface area contributed by atoms with Crippen molar-refractivity contribution >= 4 is 21.7 Å². The van der Waals surface area contributed by atoms with E-state index in [2.05, 4.69) is 15.9 Å². The molecule has 0 aliphatic heterocycles. The minimum Gasteiger partial charge on any atom is -0.299 e. The number of carbonyl (C=O) groups excluding carboxylic acids is 1. The lowest BCUT2D eigenvalue weighted by atomic mass is 9.79. The highest BCUT2D eigenvalue weighted by atomic mass is 79.9. The van der Waals surface area contributed by atoms with Crippen molar-refractivity contribution in [2.75, 3.05) is 0 Å². The fourth-order valence-corrected chi connectivity index (χ4v) is 1.88. The van der Waals surface area contributed by atoms with Crippen LogP contribution in [0.25, 0.3) is 0 Å². The second-order valence-electron chi connectivity index (χ2n) is 3.23. The Kier molecular flexibility index (Phi) is 2.20. The van der Waals surface area contributed by atoms with Crippen molar-refractivity contribution in [1.82, 2.24) is 0 Å². The molecule has 0 saturated heterocycles. The largest absolute Gasteiger partial charge is 0.299 e. The summed E-state index contributed by atoms with van der Waals surface area (Å²) in [6.07, 6.45) is 1.57. The zero-order chi connectivity index (χ0) is 9.42. The van der Waals surface area contributed by atoms with E-state index in [1.54, 1.807) is 12.1 Å². The van der Waals surface area contributed by atoms with Crippen molar-refractivity contribution in [3.05, 3.63) is 34.1 Å². The summed E-state index contributed by atoms with van der Waals surface area (Å²) in [7, 11) is 0. The maximum Gasteiger partial charge on any atom is 0.140 e. The Labute approximate surface area is 84.1 Å². The Morgan fingerprint density at radius 1 is 1.46 bits per heavy atom. The second-order valence-corrected chi connectivity index (χ2v) is 4.09. The highest BCUT2D eigenvalue weighted by Crippen LogP contribution is 2.34. The lowest BCUT2D eigenvalue weighted by molar-refractivity contribution is -0.125. The van der Waals surface area contributed by atoms with Crippen LogP contribution < -0.4 is 0 Å². The van der Waals surface area contributed by atoms with Gasteiger partial charge in [0.15, 0.2) is 0 Å². The Balaban J connectivity index is 2.31. The van der Waals surface area contributed by atoms with Gasteiger partial charge in [0.1, 0.15) is 11.6 Å². The predicted molar refractivity (Wildman–Crippen MR) is 51.1 cm³/mol. The molecule has 0 amide bonds. The number of hydrogen-bond donors (Lipinski definition) is 0. The molecule has 1 aromatic carbocycles. The molecule has 0 radical (unpaired) electrons. The van der Waals surface area contributed by atoms with Gasteiger partial charge in [-0.2, -0.15) is 0 Å². The van der Waals surface area contributed by atoms with Gasteiger partial charge in [-0.15, -0.1) is 0 Å². The fraction of sp³-hybridized carbons (Fsp3) is 0.300. The first-order chi connectivity index (χ1) is 6.18. The summed E-state index contributed by atoms with van der Waals surface area (Å²) < 4.78 is 13.3. The molecule has 1 fully saturated rings. The zero-order valence-corrected chi connectivity index (χ0v) is 8.47. The van der Waals surface area contributed by atoms with E-state index in [1.165, 1.54) is 6.07 Å². The number of carbonyl (C=O) groups is 1. The van der Waals surface area contributed by atoms with Gasteiger partial charge in [0, 0.05) is 12.3 Å². The molecular formula is C10H8BrFO. The summed E-state index contributed by atoms with van der Waals surface area (Å²) >= 11 is 3.10. The van der Waals surface area contributed by atoms with Crippen molar-refractivity contribution in [1.29, 1.82) is 0 Å². The minimum absolute atomic E-state index is 0.0110. The van der Waals surface area contributed by atoms with Gasteiger partial charge in [-0.05, 0) is 40.0 Å². The molecule has 1 aliphatic carbocycles. The first kappa shape index (κ1) is 8.88. The summed E-state index contributed by atoms with van der Waals surface area (Å²) in [5.41, 5.74) is 0.921. The Hall–Kier alpha value is -0.700. The van der Waals surface area contributed by atoms with Gasteiger partial charge < -0.3 is 0 Å². The van der Waals surface area contributed by atoms with Gasteiger partial charge in [-0.1, -0.05) is 6.07 Å². The van der Waals surface area contributed by atoms with E-state index < -0.39 is 0 Å². The van der Waals surface area contributed by atoms with Crippen molar-refractivity contribution in [3.8, 4) is 0 Å². The highest BCUT2D eigenvalue weighted by Gasteiger charge is 2.29. The van der Waals surface area contributed by atoms with E-state index >= 15 is 0 Å². The average Bonchev–Trinajstić information content (AvgIpc) is 2.09. The predicted octanol–water partition coefficient (Wildman–Crippen LogP) is 3.03. The molecule has 0 heterocycles. The van der Waals surface area contributed by atoms with Crippen molar-refractivity contribution in [2.24, 2.45) is 0 Å². The molecule has 1 saturated carbocycles. The third-order valence-corrected chi connectivity index (χ3v) is 3.02. The molecule has 2 rings (SSSR count). The highest BCUT2D eigenvalue weighted by molar-refractivity contribution is 9.10. The van der Waals surface area contributed by atoms with E-state index in [0.717, 1.165) is 12.0 Å². The lowest BCUT2D eigenvalue weighted by Crippen LogP contribution is -2.23. The van der Waals surface area contributed by atoms with E-state index in [1.807, 2.05) is 0 Å². The number of benzene rings is 1. The zero-order valence-electron chi connectivity index (χ0n) is 6.89. The average molecular weight is 243 g/mol. The molecule has 0 unspecified atom stereocenters. The smallest absolute Gasteiger partial charge is 0.140 e. The minimum atomic E-state index is -0.282. The van der Waals surface area contributed by atoms with E-state index in [0.29, 0.717) is 10.9 Å². The third kappa shape index (κ3) is 1.53. The van der Waals surface area contributed by atoms with Gasteiger partial charge in [0.05, 0.1) is 4.47 Å². The number of hydrogen-bond acceptors (Lipinski definition) is 1. The molecule has 0 aromatic heterocycles. The first-order valence-corrected chi connectivity index (χ1v) is 4.95. The van der Waals surface area contributed by atoms with E-state index in [4.69, 9.17) is 0 Å². The van der Waals surface area contributed by atoms with Crippen LogP contribution in [0, 0.1) is 5.82 Å². The SMILES string of the molecule is O=C1CC[C@H]1c1ccc(F)c(Br)c1. The van der Waals surface area contributed by atoms with E-state index in [-0.39, 0.29) is 17.5 Å². The molecule has 1 aliphatic rings. The van der Waals surface area contributed by atoms with Gasteiger partial charge in [0.25, 0.3) is 0 Å². The van der Waals surface area contributed by atoms with Crippen LogP contribution in [0.3, 0.4) is 0 Å². The van der Waals surface area contributed by atoms with Crippen molar-refractivity contribution in [2.45, 2.75) is 18.8 Å². The summed E-state index contributed by atoms with van der Waals surface area (Å²) in [5.74, 6) is -0.00840. The van der Waals surface area contributed by atoms with Crippen LogP contribution in [-0.4, -0.2) is 5.78 Å². The summed E-state index contributed by atoms with van der Waals surface area (Å²) in [6, 6.07) is 4.77. The number of rotatable bonds is 1. The molecule has 0 spiro atoms. The molecule has 0 N–H and O–H groups in total. The van der Waals surface area contributed by atoms with Crippen LogP contribution in [0.2, 0.25) is 0 Å². The molecule has 13 heavy (non-hydrogen) atoms. The summed E-state index contributed by atoms with van der Waals surface area (Å²) in [5, 5.41) is 0. The molecule has 1 nitrogen and oxygen atoms in total. The molecule has 1 aromatic rings. The normalized spacial score (nSPS) is 21.4. The second kappa shape index (κ2) is 3.22. The molecule has 68 valence electrons. The standard InChI is InChI=1S/C10H8BrFO/c11-8-5-6(1-3-9(8)12)7-2-4-10(7)13/h1,3,5,7H,2,4H2/t7-/m0/s1. The van der Waals surface area contributed by atoms with Crippen molar-refractivity contribution in [3.63, 3.8) is 0 Å². The number of Topliss-reactive ketones (excluding diaryl/α,β-unsaturated/α-hetero) is 1. The van der Waals surface area contributed by atoms with Gasteiger partial charge in [-0.25, -0.2) is 4.39 Å². The van der Waals surface area contributed by atoms with Crippen LogP contribution >= 0.6 is 15.9 Å². The quantitative estimate of drug-likeness (QED) is 0.740. The Bertz CT molecular complexity index is 362. The lowest BCUT2D eigenvalue weighted by Gasteiger charge is -2.24. The molecule has 3 heteroatoms. The van der Waals surface area contributed by atoms with Gasteiger partial charge >= 0.3 is 0 Å². The molecule has 1 atom stereocenters. The molecule has 0 bridgehead atoms. The molecular weight excluding hydrogens is 235 g/mol. The summed E-state index contributed by atoms with van der Waals surface area (Å²) in [4.78, 5) is 11.1. The topological polar surface area (TPSA) is 17.1 Å². The number of ketones is 1. The van der Waals surface area contributed by atoms with Crippen LogP contribution in [0.1, 0.15) is 24.3 Å². The maximum atomic E-state index is 12.8. The maximum absolute atomic E-state index is 12.8. The van der Waals surface area contributed by atoms with Crippen LogP contribution in [-0.2, 0) is 4.79 Å². The fourth-order valence-electron chi connectivity index (χ4n) is 1.49. The first-order valence-electron chi connectivity index (χ1n) is 4.16. The Morgan fingerprint density at radius 2 is 2.23 bits per heavy atom. The van der Waals surface area contributed by atoms with Crippen LogP contribution in [0.4, 0.5) is 4.39 Å². The van der Waals surface area contributed by atoms with Crippen LogP contribution in [0.15, 0.2) is 22.7 Å². The van der Waals surface area contributed by atoms with Gasteiger partial charge in [-0.3, -0.25) is 4.79 Å². The monoisotopic (exact) mass is 242 g/mol. The summed E-state index contributed by atoms with van der Waals surface area (Å²) in [6.45, 7) is 0. The Morgan fingerprint density at radius 3 is 2.69 bits per heavy atom. The number of halogens is 2. The van der Waals surface area contributed by atoms with Crippen molar-refractivity contribution < 1.29 is 9.18 Å². The third-order valence-electron chi connectivity index (χ3n) is 2.41. The van der Waals surface area contributed by atoms with Gasteiger partial charge in [0.2, 0.25) is 0 Å².